The SMILES string of the molecule is N#C[C@H](CC1CCNC1=O)NC(=O)[C@H](CC1CC1)n1cccc(NCC(F)(F)F)c1=O. The molecule has 1 aromatic rings. The van der Waals surface area contributed by atoms with E-state index in [1.807, 2.05) is 6.07 Å². The quantitative estimate of drug-likeness (QED) is 0.542. The van der Waals surface area contributed by atoms with Gasteiger partial charge in [-0.15, -0.1) is 0 Å². The van der Waals surface area contributed by atoms with E-state index in [2.05, 4.69) is 16.0 Å². The van der Waals surface area contributed by atoms with Crippen LogP contribution in [0.1, 0.15) is 38.1 Å². The van der Waals surface area contributed by atoms with E-state index in [-0.39, 0.29) is 29.9 Å². The maximum atomic E-state index is 13.0. The third kappa shape index (κ3) is 6.23. The van der Waals surface area contributed by atoms with Crippen LogP contribution in [0.4, 0.5) is 18.9 Å². The summed E-state index contributed by atoms with van der Waals surface area (Å²) in [5.41, 5.74) is -0.996. The van der Waals surface area contributed by atoms with Crippen LogP contribution in [0.25, 0.3) is 0 Å². The molecule has 0 bridgehead atoms. The van der Waals surface area contributed by atoms with Gasteiger partial charge < -0.3 is 20.5 Å². The molecule has 1 aliphatic heterocycles. The molecule has 2 heterocycles. The van der Waals surface area contributed by atoms with Gasteiger partial charge in [-0.1, -0.05) is 12.8 Å². The van der Waals surface area contributed by atoms with Crippen LogP contribution < -0.4 is 21.5 Å². The molecule has 168 valence electrons. The Morgan fingerprint density at radius 2 is 2.03 bits per heavy atom. The lowest BCUT2D eigenvalue weighted by molar-refractivity contribution is -0.126. The lowest BCUT2D eigenvalue weighted by Gasteiger charge is -2.22. The van der Waals surface area contributed by atoms with Gasteiger partial charge in [0, 0.05) is 18.7 Å². The largest absolute Gasteiger partial charge is 0.405 e. The van der Waals surface area contributed by atoms with Crippen LogP contribution in [0.15, 0.2) is 23.1 Å². The summed E-state index contributed by atoms with van der Waals surface area (Å²) in [7, 11) is 0. The number of aromatic nitrogens is 1. The highest BCUT2D eigenvalue weighted by Crippen LogP contribution is 2.36. The Kier molecular flexibility index (Phi) is 6.87. The summed E-state index contributed by atoms with van der Waals surface area (Å²) in [5, 5.41) is 16.8. The Balaban J connectivity index is 1.76. The van der Waals surface area contributed by atoms with Gasteiger partial charge in [-0.25, -0.2) is 0 Å². The minimum absolute atomic E-state index is 0.159. The molecule has 3 N–H and O–H groups in total. The lowest BCUT2D eigenvalue weighted by atomic mass is 9.98. The van der Waals surface area contributed by atoms with E-state index in [1.165, 1.54) is 18.3 Å². The van der Waals surface area contributed by atoms with E-state index in [1.54, 1.807) is 0 Å². The van der Waals surface area contributed by atoms with Crippen molar-refractivity contribution >= 4 is 17.5 Å². The first kappa shape index (κ1) is 22.7. The van der Waals surface area contributed by atoms with Crippen molar-refractivity contribution in [2.24, 2.45) is 11.8 Å². The predicted molar refractivity (Wildman–Crippen MR) is 105 cm³/mol. The predicted octanol–water partition coefficient (Wildman–Crippen LogP) is 1.70. The molecule has 1 unspecified atom stereocenters. The van der Waals surface area contributed by atoms with Crippen molar-refractivity contribution in [2.75, 3.05) is 18.4 Å². The highest BCUT2D eigenvalue weighted by atomic mass is 19.4. The number of nitrogens with zero attached hydrogens (tertiary/aromatic N) is 2. The number of carbonyl (C=O) groups is 2. The van der Waals surface area contributed by atoms with E-state index in [0.29, 0.717) is 19.4 Å². The maximum Gasteiger partial charge on any atom is 0.405 e. The van der Waals surface area contributed by atoms with Crippen LogP contribution >= 0.6 is 0 Å². The van der Waals surface area contributed by atoms with Crippen LogP contribution in [-0.4, -0.2) is 41.7 Å². The van der Waals surface area contributed by atoms with Gasteiger partial charge in [-0.3, -0.25) is 14.4 Å². The molecule has 2 amide bonds. The molecule has 1 saturated heterocycles. The van der Waals surface area contributed by atoms with Gasteiger partial charge in [-0.05, 0) is 37.3 Å². The van der Waals surface area contributed by atoms with E-state index < -0.39 is 36.3 Å². The fourth-order valence-electron chi connectivity index (χ4n) is 3.67. The Labute approximate surface area is 176 Å². The third-order valence-corrected chi connectivity index (χ3v) is 5.50. The van der Waals surface area contributed by atoms with Crippen molar-refractivity contribution in [3.63, 3.8) is 0 Å². The molecular formula is C20H24F3N5O3. The highest BCUT2D eigenvalue weighted by molar-refractivity contribution is 5.82. The van der Waals surface area contributed by atoms with Crippen molar-refractivity contribution in [2.45, 2.75) is 50.4 Å². The number of pyridine rings is 1. The summed E-state index contributed by atoms with van der Waals surface area (Å²) in [5.74, 6) is -0.865. The Bertz CT molecular complexity index is 920. The molecule has 0 aromatic carbocycles. The van der Waals surface area contributed by atoms with Crippen LogP contribution in [0.5, 0.6) is 0 Å². The van der Waals surface area contributed by atoms with Gasteiger partial charge in [-0.2, -0.15) is 18.4 Å². The normalized spacial score (nSPS) is 20.5. The second-order valence-corrected chi connectivity index (χ2v) is 8.00. The number of hydrogen-bond donors (Lipinski definition) is 3. The summed E-state index contributed by atoms with van der Waals surface area (Å²) in [6, 6.07) is 2.74. The van der Waals surface area contributed by atoms with Crippen molar-refractivity contribution < 1.29 is 22.8 Å². The first-order valence-electron chi connectivity index (χ1n) is 10.2. The first-order valence-corrected chi connectivity index (χ1v) is 10.2. The number of alkyl halides is 3. The number of anilines is 1. The molecule has 0 spiro atoms. The second-order valence-electron chi connectivity index (χ2n) is 8.00. The number of rotatable bonds is 9. The van der Waals surface area contributed by atoms with Crippen molar-refractivity contribution in [3.8, 4) is 6.07 Å². The zero-order chi connectivity index (χ0) is 22.6. The zero-order valence-corrected chi connectivity index (χ0v) is 16.7. The third-order valence-electron chi connectivity index (χ3n) is 5.50. The average Bonchev–Trinajstić information content (AvgIpc) is 3.45. The minimum Gasteiger partial charge on any atom is -0.372 e. The highest BCUT2D eigenvalue weighted by Gasteiger charge is 2.34. The maximum absolute atomic E-state index is 13.0. The fraction of sp³-hybridized carbons (Fsp3) is 0.600. The minimum atomic E-state index is -4.50. The molecule has 3 atom stereocenters. The molecule has 11 heteroatoms. The molecule has 31 heavy (non-hydrogen) atoms. The van der Waals surface area contributed by atoms with Crippen LogP contribution in [0, 0.1) is 23.2 Å². The van der Waals surface area contributed by atoms with Crippen LogP contribution in [0.2, 0.25) is 0 Å². The van der Waals surface area contributed by atoms with Crippen LogP contribution in [0.3, 0.4) is 0 Å². The standard InChI is InChI=1S/C20H24F3N5O3/c21-20(22,23)11-26-15-2-1-7-28(19(15)31)16(8-12-3-4-12)18(30)27-14(10-24)9-13-5-6-25-17(13)29/h1-2,7,12-14,16,26H,3-6,8-9,11H2,(H,25,29)(H,27,30)/t13?,14-,16-/m0/s1. The Morgan fingerprint density at radius 3 is 2.61 bits per heavy atom. The van der Waals surface area contributed by atoms with E-state index >= 15 is 0 Å². The molecule has 1 saturated carbocycles. The summed E-state index contributed by atoms with van der Waals surface area (Å²) in [6.45, 7) is -0.848. The monoisotopic (exact) mass is 439 g/mol. The zero-order valence-electron chi connectivity index (χ0n) is 16.7. The van der Waals surface area contributed by atoms with Gasteiger partial charge in [0.25, 0.3) is 5.56 Å². The number of halogens is 3. The van der Waals surface area contributed by atoms with Crippen molar-refractivity contribution in [1.29, 1.82) is 5.26 Å². The Hall–Kier alpha value is -3.03. The van der Waals surface area contributed by atoms with E-state index in [4.69, 9.17) is 0 Å². The summed E-state index contributed by atoms with van der Waals surface area (Å²) in [4.78, 5) is 37.5. The molecule has 3 rings (SSSR count). The topological polar surface area (TPSA) is 116 Å². The summed E-state index contributed by atoms with van der Waals surface area (Å²) in [6.07, 6.45) is -0.263. The lowest BCUT2D eigenvalue weighted by Crippen LogP contribution is -2.43. The summed E-state index contributed by atoms with van der Waals surface area (Å²) >= 11 is 0. The number of nitrogens with one attached hydrogen (secondary N) is 3. The fourth-order valence-corrected chi connectivity index (χ4v) is 3.67. The van der Waals surface area contributed by atoms with E-state index in [0.717, 1.165) is 17.4 Å². The number of amides is 2. The van der Waals surface area contributed by atoms with Gasteiger partial charge >= 0.3 is 6.18 Å². The average molecular weight is 439 g/mol. The molecule has 8 nitrogen and oxygen atoms in total. The van der Waals surface area contributed by atoms with Gasteiger partial charge in [0.05, 0.1) is 6.07 Å². The molecule has 2 aliphatic rings. The molecule has 0 radical (unpaired) electrons. The number of hydrogen-bond acceptors (Lipinski definition) is 5. The van der Waals surface area contributed by atoms with Crippen molar-refractivity contribution in [1.82, 2.24) is 15.2 Å². The van der Waals surface area contributed by atoms with E-state index in [9.17, 15) is 32.8 Å². The van der Waals surface area contributed by atoms with Gasteiger partial charge in [0.15, 0.2) is 0 Å². The summed E-state index contributed by atoms with van der Waals surface area (Å²) < 4.78 is 38.7. The van der Waals surface area contributed by atoms with Crippen molar-refractivity contribution in [3.05, 3.63) is 28.7 Å². The van der Waals surface area contributed by atoms with Gasteiger partial charge in [0.1, 0.15) is 24.3 Å². The smallest absolute Gasteiger partial charge is 0.372 e. The first-order chi connectivity index (χ1) is 14.7. The molecule has 2 fully saturated rings. The molecule has 1 aromatic heterocycles. The number of nitriles is 1. The number of carbonyl (C=O) groups excluding carboxylic acids is 2. The van der Waals surface area contributed by atoms with Gasteiger partial charge in [0.2, 0.25) is 11.8 Å². The second kappa shape index (κ2) is 9.41. The molecular weight excluding hydrogens is 415 g/mol. The molecule has 1 aliphatic carbocycles. The Morgan fingerprint density at radius 1 is 1.29 bits per heavy atom. The van der Waals surface area contributed by atoms with Crippen LogP contribution in [-0.2, 0) is 9.59 Å².